The van der Waals surface area contributed by atoms with E-state index in [1.807, 2.05) is 10.9 Å². The summed E-state index contributed by atoms with van der Waals surface area (Å²) in [5, 5.41) is 4.36. The lowest BCUT2D eigenvalue weighted by Gasteiger charge is -2.07. The van der Waals surface area contributed by atoms with E-state index in [2.05, 4.69) is 25.1 Å². The molecule has 0 saturated carbocycles. The zero-order valence-electron chi connectivity index (χ0n) is 8.23. The van der Waals surface area contributed by atoms with Crippen LogP contribution in [0, 0.1) is 0 Å². The molecule has 13 heavy (non-hydrogen) atoms. The summed E-state index contributed by atoms with van der Waals surface area (Å²) in [6.45, 7) is 6.07. The molecule has 0 amide bonds. The summed E-state index contributed by atoms with van der Waals surface area (Å²) >= 11 is 0. The predicted molar refractivity (Wildman–Crippen MR) is 50.8 cm³/mol. The Morgan fingerprint density at radius 1 is 1.62 bits per heavy atom. The van der Waals surface area contributed by atoms with E-state index in [4.69, 9.17) is 4.74 Å². The van der Waals surface area contributed by atoms with Crippen LogP contribution in [-0.4, -0.2) is 23.0 Å². The molecule has 1 fully saturated rings. The summed E-state index contributed by atoms with van der Waals surface area (Å²) in [5.41, 5.74) is 1.31. The van der Waals surface area contributed by atoms with Crippen LogP contribution in [0.15, 0.2) is 12.4 Å². The van der Waals surface area contributed by atoms with Crippen molar-refractivity contribution in [1.29, 1.82) is 0 Å². The normalized spacial score (nSPS) is 22.8. The van der Waals surface area contributed by atoms with Crippen LogP contribution >= 0.6 is 0 Å². The molecule has 1 aliphatic heterocycles. The Labute approximate surface area is 78.7 Å². The van der Waals surface area contributed by atoms with Crippen LogP contribution in [0.2, 0.25) is 0 Å². The van der Waals surface area contributed by atoms with E-state index in [1.54, 1.807) is 0 Å². The molecule has 0 aromatic carbocycles. The smallest absolute Gasteiger partial charge is 0.0774 e. The maximum absolute atomic E-state index is 5.32. The minimum Gasteiger partial charge on any atom is -0.379 e. The van der Waals surface area contributed by atoms with Gasteiger partial charge in [0.05, 0.1) is 18.8 Å². The molecule has 0 bridgehead atoms. The Bertz CT molecular complexity index is 274. The van der Waals surface area contributed by atoms with Gasteiger partial charge in [0.25, 0.3) is 0 Å². The van der Waals surface area contributed by atoms with E-state index in [0.717, 1.165) is 19.6 Å². The molecule has 2 rings (SSSR count). The second kappa shape index (κ2) is 3.50. The fourth-order valence-corrected chi connectivity index (χ4v) is 1.58. The van der Waals surface area contributed by atoms with Crippen LogP contribution in [0.25, 0.3) is 0 Å². The third kappa shape index (κ3) is 1.75. The quantitative estimate of drug-likeness (QED) is 0.695. The minimum absolute atomic E-state index is 0.465. The lowest BCUT2D eigenvalue weighted by atomic mass is 10.1. The van der Waals surface area contributed by atoms with Crippen molar-refractivity contribution < 1.29 is 4.74 Å². The second-order valence-electron chi connectivity index (χ2n) is 3.93. The van der Waals surface area contributed by atoms with Crippen LogP contribution in [0.1, 0.15) is 37.8 Å². The van der Waals surface area contributed by atoms with Crippen molar-refractivity contribution in [3.05, 3.63) is 18.0 Å². The van der Waals surface area contributed by atoms with Gasteiger partial charge in [0.2, 0.25) is 0 Å². The molecular formula is C10H16N2O. The molecule has 0 aliphatic carbocycles. The zero-order valence-corrected chi connectivity index (χ0v) is 8.23. The molecule has 1 atom stereocenters. The molecule has 2 heterocycles. The van der Waals surface area contributed by atoms with Gasteiger partial charge in [-0.1, -0.05) is 13.8 Å². The summed E-state index contributed by atoms with van der Waals surface area (Å²) in [6.07, 6.45) is 5.20. The van der Waals surface area contributed by atoms with E-state index < -0.39 is 0 Å². The van der Waals surface area contributed by atoms with E-state index >= 15 is 0 Å². The molecule has 0 spiro atoms. The highest BCUT2D eigenvalue weighted by Gasteiger charge is 2.18. The van der Waals surface area contributed by atoms with Crippen LogP contribution in [0.4, 0.5) is 0 Å². The number of aromatic nitrogens is 2. The van der Waals surface area contributed by atoms with E-state index in [1.165, 1.54) is 5.56 Å². The Hall–Kier alpha value is -0.830. The second-order valence-corrected chi connectivity index (χ2v) is 3.93. The number of rotatable bonds is 2. The Balaban J connectivity index is 2.12. The van der Waals surface area contributed by atoms with Gasteiger partial charge in [-0.2, -0.15) is 5.10 Å². The first-order valence-electron chi connectivity index (χ1n) is 4.89. The Kier molecular flexibility index (Phi) is 2.36. The maximum atomic E-state index is 5.32. The number of hydrogen-bond donors (Lipinski definition) is 0. The molecule has 3 heteroatoms. The molecule has 1 unspecified atom stereocenters. The zero-order chi connectivity index (χ0) is 9.26. The lowest BCUT2D eigenvalue weighted by molar-refractivity contribution is 0.184. The van der Waals surface area contributed by atoms with E-state index in [9.17, 15) is 0 Å². The summed E-state index contributed by atoms with van der Waals surface area (Å²) < 4.78 is 7.36. The van der Waals surface area contributed by atoms with Crippen molar-refractivity contribution in [3.8, 4) is 0 Å². The molecule has 0 radical (unpaired) electrons. The molecule has 72 valence electrons. The average molecular weight is 180 g/mol. The topological polar surface area (TPSA) is 27.1 Å². The summed E-state index contributed by atoms with van der Waals surface area (Å²) in [7, 11) is 0. The molecular weight excluding hydrogens is 164 g/mol. The molecule has 1 aliphatic rings. The highest BCUT2D eigenvalue weighted by atomic mass is 16.5. The third-order valence-corrected chi connectivity index (χ3v) is 2.57. The number of hydrogen-bond acceptors (Lipinski definition) is 2. The molecule has 1 saturated heterocycles. The van der Waals surface area contributed by atoms with Gasteiger partial charge in [-0.3, -0.25) is 4.68 Å². The van der Waals surface area contributed by atoms with Crippen LogP contribution < -0.4 is 0 Å². The first-order chi connectivity index (χ1) is 6.27. The highest BCUT2D eigenvalue weighted by molar-refractivity contribution is 5.09. The molecule has 3 nitrogen and oxygen atoms in total. The predicted octanol–water partition coefficient (Wildman–Crippen LogP) is 1.97. The average Bonchev–Trinajstić information content (AvgIpc) is 2.75. The van der Waals surface area contributed by atoms with Crippen molar-refractivity contribution in [2.45, 2.75) is 32.2 Å². The molecule has 1 aromatic rings. The number of ether oxygens (including phenoxy) is 1. The van der Waals surface area contributed by atoms with Crippen molar-refractivity contribution in [2.24, 2.45) is 0 Å². The van der Waals surface area contributed by atoms with Gasteiger partial charge in [0.1, 0.15) is 0 Å². The van der Waals surface area contributed by atoms with Gasteiger partial charge < -0.3 is 4.74 Å². The Morgan fingerprint density at radius 2 is 2.46 bits per heavy atom. The highest BCUT2D eigenvalue weighted by Crippen LogP contribution is 2.20. The van der Waals surface area contributed by atoms with Crippen molar-refractivity contribution in [1.82, 2.24) is 9.78 Å². The van der Waals surface area contributed by atoms with Crippen LogP contribution in [0.3, 0.4) is 0 Å². The summed E-state index contributed by atoms with van der Waals surface area (Å²) in [5.74, 6) is 0.566. The SMILES string of the molecule is CC(C)c1cnn(C2CCOC2)c1. The molecule has 1 aromatic heterocycles. The van der Waals surface area contributed by atoms with Gasteiger partial charge in [0, 0.05) is 12.8 Å². The Morgan fingerprint density at radius 3 is 3.00 bits per heavy atom. The van der Waals surface area contributed by atoms with Gasteiger partial charge in [0.15, 0.2) is 0 Å². The first kappa shape index (κ1) is 8.75. The van der Waals surface area contributed by atoms with Gasteiger partial charge in [-0.15, -0.1) is 0 Å². The van der Waals surface area contributed by atoms with Gasteiger partial charge >= 0.3 is 0 Å². The van der Waals surface area contributed by atoms with Gasteiger partial charge in [-0.25, -0.2) is 0 Å². The molecule has 0 N–H and O–H groups in total. The third-order valence-electron chi connectivity index (χ3n) is 2.57. The van der Waals surface area contributed by atoms with Crippen molar-refractivity contribution in [3.63, 3.8) is 0 Å². The fourth-order valence-electron chi connectivity index (χ4n) is 1.58. The summed E-state index contributed by atoms with van der Waals surface area (Å²) in [6, 6.07) is 0.465. The maximum Gasteiger partial charge on any atom is 0.0774 e. The van der Waals surface area contributed by atoms with Crippen LogP contribution in [-0.2, 0) is 4.74 Å². The minimum atomic E-state index is 0.465. The van der Waals surface area contributed by atoms with Crippen molar-refractivity contribution in [2.75, 3.05) is 13.2 Å². The van der Waals surface area contributed by atoms with Gasteiger partial charge in [-0.05, 0) is 17.9 Å². The monoisotopic (exact) mass is 180 g/mol. The van der Waals surface area contributed by atoms with Crippen molar-refractivity contribution >= 4 is 0 Å². The van der Waals surface area contributed by atoms with E-state index in [0.29, 0.717) is 12.0 Å². The fraction of sp³-hybridized carbons (Fsp3) is 0.700. The number of nitrogens with zero attached hydrogens (tertiary/aromatic N) is 2. The lowest BCUT2D eigenvalue weighted by Crippen LogP contribution is -2.08. The van der Waals surface area contributed by atoms with Crippen LogP contribution in [0.5, 0.6) is 0 Å². The summed E-state index contributed by atoms with van der Waals surface area (Å²) in [4.78, 5) is 0. The first-order valence-corrected chi connectivity index (χ1v) is 4.89. The largest absolute Gasteiger partial charge is 0.379 e. The van der Waals surface area contributed by atoms with E-state index in [-0.39, 0.29) is 0 Å². The standard InChI is InChI=1S/C10H16N2O/c1-8(2)9-5-11-12(6-9)10-3-4-13-7-10/h5-6,8,10H,3-4,7H2,1-2H3.